The Morgan fingerprint density at radius 1 is 1.37 bits per heavy atom. The van der Waals surface area contributed by atoms with Crippen LogP contribution < -0.4 is 4.74 Å². The standard InChI is InChI=1S/C12H8FNO5/c1-7-2-5-10(18-7)12(15)19-11-6-8(13)3-4-9(11)14(16)17/h2-6H,1H3. The molecule has 0 bridgehead atoms. The Hall–Kier alpha value is -2.70. The largest absolute Gasteiger partial charge is 0.454 e. The monoisotopic (exact) mass is 265 g/mol. The van der Waals surface area contributed by atoms with Gasteiger partial charge in [0.2, 0.25) is 11.5 Å². The second-order valence-electron chi connectivity index (χ2n) is 3.67. The minimum absolute atomic E-state index is 0.115. The molecule has 0 saturated carbocycles. The molecule has 0 amide bonds. The molecule has 0 fully saturated rings. The van der Waals surface area contributed by atoms with E-state index in [1.165, 1.54) is 12.1 Å². The topological polar surface area (TPSA) is 82.6 Å². The Bertz CT molecular complexity index is 649. The lowest BCUT2D eigenvalue weighted by Gasteiger charge is -2.03. The second-order valence-corrected chi connectivity index (χ2v) is 3.67. The molecular formula is C12H8FNO5. The average molecular weight is 265 g/mol. The molecule has 0 aliphatic heterocycles. The Morgan fingerprint density at radius 2 is 2.11 bits per heavy atom. The molecule has 6 nitrogen and oxygen atoms in total. The van der Waals surface area contributed by atoms with E-state index in [1.807, 2.05) is 0 Å². The number of nitro benzene ring substituents is 1. The van der Waals surface area contributed by atoms with E-state index in [9.17, 15) is 19.3 Å². The fourth-order valence-electron chi connectivity index (χ4n) is 1.41. The van der Waals surface area contributed by atoms with Gasteiger partial charge < -0.3 is 9.15 Å². The number of rotatable bonds is 3. The minimum Gasteiger partial charge on any atom is -0.454 e. The lowest BCUT2D eigenvalue weighted by Crippen LogP contribution is -2.09. The van der Waals surface area contributed by atoms with Crippen molar-refractivity contribution in [2.75, 3.05) is 0 Å². The predicted molar refractivity (Wildman–Crippen MR) is 61.5 cm³/mol. The minimum atomic E-state index is -0.929. The number of aryl methyl sites for hydroxylation is 1. The zero-order valence-corrected chi connectivity index (χ0v) is 9.75. The van der Waals surface area contributed by atoms with Crippen molar-refractivity contribution >= 4 is 11.7 Å². The molecule has 19 heavy (non-hydrogen) atoms. The molecular weight excluding hydrogens is 257 g/mol. The van der Waals surface area contributed by atoms with Crippen molar-refractivity contribution in [3.8, 4) is 5.75 Å². The van der Waals surface area contributed by atoms with Crippen LogP contribution in [0.5, 0.6) is 5.75 Å². The van der Waals surface area contributed by atoms with Gasteiger partial charge >= 0.3 is 11.7 Å². The summed E-state index contributed by atoms with van der Waals surface area (Å²) in [6.07, 6.45) is 0. The van der Waals surface area contributed by atoms with Crippen molar-refractivity contribution in [2.45, 2.75) is 6.92 Å². The Morgan fingerprint density at radius 3 is 2.68 bits per heavy atom. The number of nitrogens with zero attached hydrogens (tertiary/aromatic N) is 1. The Kier molecular flexibility index (Phi) is 3.28. The summed E-state index contributed by atoms with van der Waals surface area (Å²) in [5.74, 6) is -1.77. The summed E-state index contributed by atoms with van der Waals surface area (Å²) < 4.78 is 22.8. The first-order valence-corrected chi connectivity index (χ1v) is 5.20. The molecule has 98 valence electrons. The van der Waals surface area contributed by atoms with E-state index < -0.39 is 28.1 Å². The van der Waals surface area contributed by atoms with E-state index in [0.717, 1.165) is 18.2 Å². The van der Waals surface area contributed by atoms with Crippen LogP contribution in [0, 0.1) is 22.9 Å². The number of esters is 1. The Labute approximate surface area is 106 Å². The van der Waals surface area contributed by atoms with Crippen molar-refractivity contribution in [1.82, 2.24) is 0 Å². The first-order chi connectivity index (χ1) is 8.97. The molecule has 2 aromatic rings. The van der Waals surface area contributed by atoms with Crippen molar-refractivity contribution in [3.63, 3.8) is 0 Å². The van der Waals surface area contributed by atoms with Crippen LogP contribution >= 0.6 is 0 Å². The molecule has 0 aliphatic rings. The number of nitro groups is 1. The second kappa shape index (κ2) is 4.89. The number of furan rings is 1. The van der Waals surface area contributed by atoms with Gasteiger partial charge in [-0.3, -0.25) is 10.1 Å². The van der Waals surface area contributed by atoms with Gasteiger partial charge in [-0.15, -0.1) is 0 Å². The van der Waals surface area contributed by atoms with Gasteiger partial charge in [0.15, 0.2) is 0 Å². The Balaban J connectivity index is 2.30. The summed E-state index contributed by atoms with van der Waals surface area (Å²) in [6.45, 7) is 1.63. The summed E-state index contributed by atoms with van der Waals surface area (Å²) >= 11 is 0. The summed E-state index contributed by atoms with van der Waals surface area (Å²) in [5, 5.41) is 10.7. The quantitative estimate of drug-likeness (QED) is 0.369. The predicted octanol–water partition coefficient (Wildman–Crippen LogP) is 2.85. The zero-order valence-electron chi connectivity index (χ0n) is 9.75. The highest BCUT2D eigenvalue weighted by atomic mass is 19.1. The van der Waals surface area contributed by atoms with Crippen LogP contribution in [0.2, 0.25) is 0 Å². The summed E-state index contributed by atoms with van der Waals surface area (Å²) in [5.41, 5.74) is -0.502. The first-order valence-electron chi connectivity index (χ1n) is 5.20. The summed E-state index contributed by atoms with van der Waals surface area (Å²) in [4.78, 5) is 21.6. The molecule has 0 N–H and O–H groups in total. The van der Waals surface area contributed by atoms with Crippen molar-refractivity contribution in [3.05, 3.63) is 57.8 Å². The van der Waals surface area contributed by atoms with Gasteiger partial charge in [-0.2, -0.15) is 0 Å². The van der Waals surface area contributed by atoms with E-state index in [2.05, 4.69) is 0 Å². The van der Waals surface area contributed by atoms with Crippen LogP contribution in [-0.2, 0) is 0 Å². The van der Waals surface area contributed by atoms with Crippen LogP contribution in [0.25, 0.3) is 0 Å². The highest BCUT2D eigenvalue weighted by Gasteiger charge is 2.21. The van der Waals surface area contributed by atoms with E-state index in [0.29, 0.717) is 5.76 Å². The van der Waals surface area contributed by atoms with Crippen LogP contribution in [-0.4, -0.2) is 10.9 Å². The third-order valence-corrected chi connectivity index (χ3v) is 2.26. The number of carbonyl (C=O) groups is 1. The number of benzene rings is 1. The molecule has 0 atom stereocenters. The maximum Gasteiger partial charge on any atom is 0.379 e. The SMILES string of the molecule is Cc1ccc(C(=O)Oc2cc(F)ccc2[N+](=O)[O-])o1. The molecule has 0 spiro atoms. The summed E-state index contributed by atoms with van der Waals surface area (Å²) in [7, 11) is 0. The van der Waals surface area contributed by atoms with Gasteiger partial charge in [0.05, 0.1) is 4.92 Å². The van der Waals surface area contributed by atoms with Crippen molar-refractivity contribution < 1.29 is 23.3 Å². The average Bonchev–Trinajstić information content (AvgIpc) is 2.75. The maximum absolute atomic E-state index is 13.0. The third-order valence-electron chi connectivity index (χ3n) is 2.26. The molecule has 0 aliphatic carbocycles. The van der Waals surface area contributed by atoms with Crippen LogP contribution in [0.3, 0.4) is 0 Å². The summed E-state index contributed by atoms with van der Waals surface area (Å²) in [6, 6.07) is 5.50. The van der Waals surface area contributed by atoms with E-state index in [1.54, 1.807) is 6.92 Å². The van der Waals surface area contributed by atoms with Crippen molar-refractivity contribution in [2.24, 2.45) is 0 Å². The smallest absolute Gasteiger partial charge is 0.379 e. The zero-order chi connectivity index (χ0) is 14.0. The number of ether oxygens (including phenoxy) is 1. The highest BCUT2D eigenvalue weighted by molar-refractivity contribution is 5.88. The third kappa shape index (κ3) is 2.76. The van der Waals surface area contributed by atoms with Gasteiger partial charge in [0, 0.05) is 12.1 Å². The molecule has 7 heteroatoms. The number of hydrogen-bond acceptors (Lipinski definition) is 5. The van der Waals surface area contributed by atoms with E-state index >= 15 is 0 Å². The fraction of sp³-hybridized carbons (Fsp3) is 0.0833. The fourth-order valence-corrected chi connectivity index (χ4v) is 1.41. The highest BCUT2D eigenvalue weighted by Crippen LogP contribution is 2.28. The van der Waals surface area contributed by atoms with Gasteiger partial charge in [-0.05, 0) is 25.1 Å². The maximum atomic E-state index is 13.0. The normalized spacial score (nSPS) is 10.2. The van der Waals surface area contributed by atoms with Crippen LogP contribution in [0.4, 0.5) is 10.1 Å². The van der Waals surface area contributed by atoms with Gasteiger partial charge in [0.1, 0.15) is 11.6 Å². The van der Waals surface area contributed by atoms with Crippen LogP contribution in [0.15, 0.2) is 34.7 Å². The lowest BCUT2D eigenvalue weighted by molar-refractivity contribution is -0.385. The van der Waals surface area contributed by atoms with Gasteiger partial charge in [-0.25, -0.2) is 9.18 Å². The van der Waals surface area contributed by atoms with E-state index in [-0.39, 0.29) is 5.76 Å². The number of hydrogen-bond donors (Lipinski definition) is 0. The van der Waals surface area contributed by atoms with Crippen LogP contribution in [0.1, 0.15) is 16.3 Å². The lowest BCUT2D eigenvalue weighted by atomic mass is 10.3. The molecule has 0 unspecified atom stereocenters. The molecule has 2 rings (SSSR count). The number of carbonyl (C=O) groups excluding carboxylic acids is 1. The van der Waals surface area contributed by atoms with Gasteiger partial charge in [0.25, 0.3) is 0 Å². The van der Waals surface area contributed by atoms with Gasteiger partial charge in [-0.1, -0.05) is 0 Å². The molecule has 1 heterocycles. The molecule has 0 saturated heterocycles. The number of halogens is 1. The molecule has 1 aromatic heterocycles. The van der Waals surface area contributed by atoms with E-state index in [4.69, 9.17) is 9.15 Å². The first kappa shape index (κ1) is 12.7. The van der Waals surface area contributed by atoms with Crippen molar-refractivity contribution in [1.29, 1.82) is 0 Å². The molecule has 1 aromatic carbocycles. The molecule has 0 radical (unpaired) electrons.